The largest absolute Gasteiger partial charge is 0.396 e. The summed E-state index contributed by atoms with van der Waals surface area (Å²) in [6.07, 6.45) is 50.8. The Kier molecular flexibility index (Phi) is 44.0. The highest BCUT2D eigenvalue weighted by molar-refractivity contribution is 5.76. The SMILES string of the molecule is CCCCCCCCCCCCC(O)/C=C/C(O)C(CO)NC(=O)CCCCCCCCCCCCCCCCCCCCCCCCCCCCCO. The van der Waals surface area contributed by atoms with Gasteiger partial charge in [0, 0.05) is 13.0 Å². The molecule has 1 amide bonds. The Labute approximate surface area is 336 Å². The van der Waals surface area contributed by atoms with Gasteiger partial charge in [0.05, 0.1) is 24.9 Å². The minimum Gasteiger partial charge on any atom is -0.396 e. The molecule has 0 saturated heterocycles. The Balaban J connectivity index is 3.50. The first kappa shape index (κ1) is 53.0. The molecule has 6 heteroatoms. The second kappa shape index (κ2) is 44.8. The summed E-state index contributed by atoms with van der Waals surface area (Å²) >= 11 is 0. The van der Waals surface area contributed by atoms with Crippen molar-refractivity contribution >= 4 is 5.91 Å². The Hall–Kier alpha value is -0.950. The molecule has 0 aliphatic heterocycles. The van der Waals surface area contributed by atoms with Crippen molar-refractivity contribution in [2.45, 2.75) is 276 Å². The van der Waals surface area contributed by atoms with Crippen LogP contribution >= 0.6 is 0 Å². The molecule has 0 aromatic rings. The molecule has 0 radical (unpaired) electrons. The Morgan fingerprint density at radius 3 is 1.09 bits per heavy atom. The molecule has 0 bridgehead atoms. The highest BCUT2D eigenvalue weighted by Gasteiger charge is 2.18. The minimum absolute atomic E-state index is 0.127. The van der Waals surface area contributed by atoms with E-state index in [2.05, 4.69) is 12.2 Å². The van der Waals surface area contributed by atoms with Crippen LogP contribution in [-0.4, -0.2) is 57.8 Å². The van der Waals surface area contributed by atoms with E-state index in [-0.39, 0.29) is 12.5 Å². The van der Waals surface area contributed by atoms with E-state index in [1.807, 2.05) is 0 Å². The molecule has 0 heterocycles. The number of nitrogens with one attached hydrogen (secondary N) is 1. The molecule has 0 aromatic heterocycles. The maximum atomic E-state index is 12.4. The average molecular weight is 766 g/mol. The van der Waals surface area contributed by atoms with Crippen LogP contribution in [0.1, 0.15) is 257 Å². The quantitative estimate of drug-likeness (QED) is 0.0313. The third-order valence-electron chi connectivity index (χ3n) is 11.4. The van der Waals surface area contributed by atoms with Gasteiger partial charge in [-0.3, -0.25) is 4.79 Å². The lowest BCUT2D eigenvalue weighted by atomic mass is 10.0. The summed E-state index contributed by atoms with van der Waals surface area (Å²) in [7, 11) is 0. The lowest BCUT2D eigenvalue weighted by Gasteiger charge is -2.20. The fraction of sp³-hybridized carbons (Fsp3) is 0.938. The molecule has 0 rings (SSSR count). The van der Waals surface area contributed by atoms with Gasteiger partial charge in [0.15, 0.2) is 0 Å². The van der Waals surface area contributed by atoms with Gasteiger partial charge in [0.1, 0.15) is 0 Å². The number of aliphatic hydroxyl groups is 4. The molecule has 0 aromatic carbocycles. The van der Waals surface area contributed by atoms with Crippen LogP contribution in [0.5, 0.6) is 0 Å². The molecular weight excluding hydrogens is 671 g/mol. The van der Waals surface area contributed by atoms with Crippen molar-refractivity contribution in [1.82, 2.24) is 5.32 Å². The topological polar surface area (TPSA) is 110 Å². The summed E-state index contributed by atoms with van der Waals surface area (Å²) in [5.41, 5.74) is 0. The summed E-state index contributed by atoms with van der Waals surface area (Å²) in [6, 6.07) is -0.743. The Bertz CT molecular complexity index is 761. The van der Waals surface area contributed by atoms with Crippen molar-refractivity contribution in [2.75, 3.05) is 13.2 Å². The van der Waals surface area contributed by atoms with Crippen LogP contribution in [0.4, 0.5) is 0 Å². The Morgan fingerprint density at radius 1 is 0.444 bits per heavy atom. The number of carbonyl (C=O) groups excluding carboxylic acids is 1. The Morgan fingerprint density at radius 2 is 0.759 bits per heavy atom. The molecule has 0 spiro atoms. The van der Waals surface area contributed by atoms with Crippen molar-refractivity contribution in [2.24, 2.45) is 0 Å². The first-order valence-corrected chi connectivity index (χ1v) is 24.1. The molecular formula is C48H95NO5. The second-order valence-corrected chi connectivity index (χ2v) is 16.8. The number of amides is 1. The molecule has 5 N–H and O–H groups in total. The van der Waals surface area contributed by atoms with Gasteiger partial charge in [-0.2, -0.15) is 0 Å². The molecule has 3 unspecified atom stereocenters. The summed E-state index contributed by atoms with van der Waals surface area (Å²) in [5, 5.41) is 42.0. The van der Waals surface area contributed by atoms with Crippen LogP contribution in [0.2, 0.25) is 0 Å². The van der Waals surface area contributed by atoms with Crippen LogP contribution < -0.4 is 5.32 Å². The first-order chi connectivity index (χ1) is 26.5. The van der Waals surface area contributed by atoms with Crippen LogP contribution in [0.15, 0.2) is 12.2 Å². The first-order valence-electron chi connectivity index (χ1n) is 24.1. The van der Waals surface area contributed by atoms with Gasteiger partial charge in [-0.15, -0.1) is 0 Å². The van der Waals surface area contributed by atoms with Gasteiger partial charge < -0.3 is 25.7 Å². The summed E-state index contributed by atoms with van der Waals surface area (Å²) in [4.78, 5) is 12.4. The molecule has 54 heavy (non-hydrogen) atoms. The zero-order valence-corrected chi connectivity index (χ0v) is 36.1. The number of aliphatic hydroxyl groups excluding tert-OH is 4. The summed E-state index contributed by atoms with van der Waals surface area (Å²) < 4.78 is 0. The maximum Gasteiger partial charge on any atom is 0.220 e. The van der Waals surface area contributed by atoms with Gasteiger partial charge in [-0.1, -0.05) is 244 Å². The van der Waals surface area contributed by atoms with Gasteiger partial charge in [-0.05, 0) is 19.3 Å². The summed E-state index contributed by atoms with van der Waals surface area (Å²) in [5.74, 6) is -0.127. The van der Waals surface area contributed by atoms with E-state index in [4.69, 9.17) is 5.11 Å². The van der Waals surface area contributed by atoms with Crippen molar-refractivity contribution < 1.29 is 25.2 Å². The van der Waals surface area contributed by atoms with Crippen molar-refractivity contribution in [3.05, 3.63) is 12.2 Å². The molecule has 0 aliphatic carbocycles. The van der Waals surface area contributed by atoms with Gasteiger partial charge in [-0.25, -0.2) is 0 Å². The predicted octanol–water partition coefficient (Wildman–Crippen LogP) is 13.0. The number of hydrogen-bond donors (Lipinski definition) is 5. The van der Waals surface area contributed by atoms with Crippen LogP contribution in [0, 0.1) is 0 Å². The van der Waals surface area contributed by atoms with Gasteiger partial charge in [0.25, 0.3) is 0 Å². The van der Waals surface area contributed by atoms with Crippen LogP contribution in [0.3, 0.4) is 0 Å². The van der Waals surface area contributed by atoms with E-state index in [1.54, 1.807) is 6.08 Å². The number of rotatable bonds is 45. The minimum atomic E-state index is -1.01. The number of unbranched alkanes of at least 4 members (excludes halogenated alkanes) is 35. The zero-order valence-electron chi connectivity index (χ0n) is 36.1. The van der Waals surface area contributed by atoms with Crippen LogP contribution in [-0.2, 0) is 4.79 Å². The fourth-order valence-corrected chi connectivity index (χ4v) is 7.65. The van der Waals surface area contributed by atoms with E-state index in [0.717, 1.165) is 38.5 Å². The van der Waals surface area contributed by atoms with E-state index in [9.17, 15) is 20.1 Å². The molecule has 0 aliphatic rings. The second-order valence-electron chi connectivity index (χ2n) is 16.8. The normalized spacial score (nSPS) is 13.5. The molecule has 3 atom stereocenters. The van der Waals surface area contributed by atoms with Crippen molar-refractivity contribution in [3.63, 3.8) is 0 Å². The van der Waals surface area contributed by atoms with Crippen molar-refractivity contribution in [1.29, 1.82) is 0 Å². The molecule has 322 valence electrons. The summed E-state index contributed by atoms with van der Waals surface area (Å²) in [6.45, 7) is 2.27. The monoisotopic (exact) mass is 766 g/mol. The average Bonchev–Trinajstić information content (AvgIpc) is 3.17. The number of hydrogen-bond acceptors (Lipinski definition) is 5. The third-order valence-corrected chi connectivity index (χ3v) is 11.4. The predicted molar refractivity (Wildman–Crippen MR) is 233 cm³/mol. The standard InChI is InChI=1S/C48H95NO5/c1-2-3-4-5-6-7-27-30-33-36-39-45(52)41-42-47(53)46(44-51)49-48(54)40-37-34-31-28-25-23-21-19-17-15-13-11-9-8-10-12-14-16-18-20-22-24-26-29-32-35-38-43-50/h41-42,45-47,50-53H,2-40,43-44H2,1H3,(H,49,54)/b42-41+. The smallest absolute Gasteiger partial charge is 0.220 e. The molecule has 0 fully saturated rings. The highest BCUT2D eigenvalue weighted by atomic mass is 16.3. The molecule has 0 saturated carbocycles. The van der Waals surface area contributed by atoms with E-state index >= 15 is 0 Å². The van der Waals surface area contributed by atoms with Crippen LogP contribution in [0.25, 0.3) is 0 Å². The van der Waals surface area contributed by atoms with E-state index < -0.39 is 18.2 Å². The van der Waals surface area contributed by atoms with Gasteiger partial charge in [0.2, 0.25) is 5.91 Å². The van der Waals surface area contributed by atoms with E-state index in [0.29, 0.717) is 19.4 Å². The van der Waals surface area contributed by atoms with E-state index in [1.165, 1.54) is 205 Å². The zero-order chi connectivity index (χ0) is 39.4. The number of carbonyl (C=O) groups is 1. The van der Waals surface area contributed by atoms with Gasteiger partial charge >= 0.3 is 0 Å². The fourth-order valence-electron chi connectivity index (χ4n) is 7.65. The lowest BCUT2D eigenvalue weighted by Crippen LogP contribution is -2.45. The maximum absolute atomic E-state index is 12.4. The van der Waals surface area contributed by atoms with Crippen molar-refractivity contribution in [3.8, 4) is 0 Å². The highest BCUT2D eigenvalue weighted by Crippen LogP contribution is 2.17. The molecule has 6 nitrogen and oxygen atoms in total. The lowest BCUT2D eigenvalue weighted by molar-refractivity contribution is -0.123. The third kappa shape index (κ3) is 40.7.